The molecule has 1 unspecified atom stereocenters. The van der Waals surface area contributed by atoms with Gasteiger partial charge in [-0.3, -0.25) is 9.52 Å². The molecule has 0 fully saturated rings. The number of anilines is 1. The summed E-state index contributed by atoms with van der Waals surface area (Å²) in [6.45, 7) is 3.59. The van der Waals surface area contributed by atoms with Crippen LogP contribution in [0.1, 0.15) is 50.4 Å². The van der Waals surface area contributed by atoms with Crippen LogP contribution in [0.2, 0.25) is 0 Å². The number of hydrogen-bond acceptors (Lipinski definition) is 7. The number of unbranched alkanes of at least 4 members (excludes halogenated alkanes) is 1. The molecule has 9 heteroatoms. The number of nitrogens with zero attached hydrogens (tertiary/aromatic N) is 3. The highest BCUT2D eigenvalue weighted by atomic mass is 32.2. The highest BCUT2D eigenvalue weighted by Gasteiger charge is 2.30. The summed E-state index contributed by atoms with van der Waals surface area (Å²) in [5.41, 5.74) is 1.85. The summed E-state index contributed by atoms with van der Waals surface area (Å²) in [7, 11) is -1.72. The van der Waals surface area contributed by atoms with Gasteiger partial charge < -0.3 is 9.69 Å². The van der Waals surface area contributed by atoms with E-state index < -0.39 is 16.1 Å². The first-order valence-corrected chi connectivity index (χ1v) is 10.9. The Morgan fingerprint density at radius 1 is 1.36 bits per heavy atom. The van der Waals surface area contributed by atoms with E-state index in [-0.39, 0.29) is 23.9 Å². The first-order valence-electron chi connectivity index (χ1n) is 9.26. The third-order valence-electron chi connectivity index (χ3n) is 4.47. The molecule has 152 valence electrons. The van der Waals surface area contributed by atoms with Crippen molar-refractivity contribution in [1.82, 2.24) is 14.9 Å². The fraction of sp³-hybridized carbons (Fsp3) is 0.474. The van der Waals surface area contributed by atoms with Crippen LogP contribution in [0.4, 0.5) is 5.95 Å². The largest absolute Gasteiger partial charge is 0.368 e. The number of aldehydes is 1. The van der Waals surface area contributed by atoms with Gasteiger partial charge in [0.1, 0.15) is 6.29 Å². The maximum absolute atomic E-state index is 12.5. The number of likely N-dealkylation sites (N-methyl/N-ethyl adjacent to an activating group) is 1. The molecule has 0 radical (unpaired) electrons. The molecule has 0 spiro atoms. The van der Waals surface area contributed by atoms with Crippen LogP contribution in [0, 0.1) is 0 Å². The molecule has 28 heavy (non-hydrogen) atoms. The number of ketones is 1. The van der Waals surface area contributed by atoms with Crippen LogP contribution in [0.5, 0.6) is 0 Å². The van der Waals surface area contributed by atoms with Gasteiger partial charge in [-0.05, 0) is 37.6 Å². The van der Waals surface area contributed by atoms with E-state index in [9.17, 15) is 18.0 Å². The standard InChI is InChI=1S/C19H26N4O4S/c1-4-6-8-14-13-20-19(22-28(26,27)5-2)21-17(14)18-15(16(25)10-12-24)9-7-11-23(18)3/h7,9,11-13,18H,4-6,8,10H2,1-3H3,(H,20,21,22). The van der Waals surface area contributed by atoms with Gasteiger partial charge >= 0.3 is 0 Å². The van der Waals surface area contributed by atoms with Crippen LogP contribution in [0.3, 0.4) is 0 Å². The fourth-order valence-corrected chi connectivity index (χ4v) is 3.46. The molecule has 1 aromatic heterocycles. The van der Waals surface area contributed by atoms with Gasteiger partial charge in [0.2, 0.25) is 16.0 Å². The molecule has 2 heterocycles. The Hall–Kier alpha value is -2.55. The van der Waals surface area contributed by atoms with Crippen LogP contribution in [-0.2, 0) is 26.0 Å². The van der Waals surface area contributed by atoms with Crippen molar-refractivity contribution < 1.29 is 18.0 Å². The number of sulfonamides is 1. The Bertz CT molecular complexity index is 893. The maximum atomic E-state index is 12.5. The second-order valence-electron chi connectivity index (χ2n) is 6.54. The Labute approximate surface area is 165 Å². The highest BCUT2D eigenvalue weighted by Crippen LogP contribution is 2.33. The van der Waals surface area contributed by atoms with Crippen LogP contribution in [0.25, 0.3) is 0 Å². The maximum Gasteiger partial charge on any atom is 0.236 e. The minimum Gasteiger partial charge on any atom is -0.368 e. The van der Waals surface area contributed by atoms with Crippen molar-refractivity contribution in [2.24, 2.45) is 0 Å². The second kappa shape index (κ2) is 9.59. The lowest BCUT2D eigenvalue weighted by Crippen LogP contribution is -2.29. The minimum absolute atomic E-state index is 0.0257. The number of nitrogens with one attached hydrogen (secondary N) is 1. The first kappa shape index (κ1) is 21.7. The topological polar surface area (TPSA) is 109 Å². The zero-order valence-electron chi connectivity index (χ0n) is 16.4. The van der Waals surface area contributed by atoms with Gasteiger partial charge in [0.05, 0.1) is 23.9 Å². The summed E-state index contributed by atoms with van der Waals surface area (Å²) in [6, 6.07) is -0.516. The number of aromatic nitrogens is 2. The van der Waals surface area contributed by atoms with Gasteiger partial charge in [-0.15, -0.1) is 0 Å². The molecule has 0 aromatic carbocycles. The minimum atomic E-state index is -3.53. The first-order chi connectivity index (χ1) is 13.3. The predicted octanol–water partition coefficient (Wildman–Crippen LogP) is 2.17. The average molecular weight is 407 g/mol. The Balaban J connectivity index is 2.54. The Morgan fingerprint density at radius 2 is 2.11 bits per heavy atom. The van der Waals surface area contributed by atoms with Crippen molar-refractivity contribution in [3.63, 3.8) is 0 Å². The van der Waals surface area contributed by atoms with Crippen LogP contribution in [-0.4, -0.2) is 48.2 Å². The lowest BCUT2D eigenvalue weighted by molar-refractivity contribution is -0.120. The SMILES string of the molecule is CCCCc1cnc(NS(=O)(=O)CC)nc1C1C(C(=O)CC=O)=CC=CN1C. The quantitative estimate of drug-likeness (QED) is 0.468. The monoisotopic (exact) mass is 406 g/mol. The average Bonchev–Trinajstić information content (AvgIpc) is 2.66. The van der Waals surface area contributed by atoms with Crippen molar-refractivity contribution in [2.45, 2.75) is 45.6 Å². The number of carbonyl (C=O) groups excluding carboxylic acids is 2. The van der Waals surface area contributed by atoms with Crippen LogP contribution < -0.4 is 4.72 Å². The smallest absolute Gasteiger partial charge is 0.236 e. The number of allylic oxidation sites excluding steroid dienone is 2. The molecule has 0 bridgehead atoms. The molecule has 0 aliphatic carbocycles. The summed E-state index contributed by atoms with van der Waals surface area (Å²) in [4.78, 5) is 33.8. The van der Waals surface area contributed by atoms with E-state index in [0.717, 1.165) is 18.4 Å². The molecule has 1 aromatic rings. The summed E-state index contributed by atoms with van der Waals surface area (Å²) in [6.07, 6.45) is 9.78. The third kappa shape index (κ3) is 5.25. The van der Waals surface area contributed by atoms with Gasteiger partial charge in [-0.1, -0.05) is 19.4 Å². The van der Waals surface area contributed by atoms with Crippen LogP contribution in [0.15, 0.2) is 30.1 Å². The van der Waals surface area contributed by atoms with Gasteiger partial charge in [-0.2, -0.15) is 0 Å². The van der Waals surface area contributed by atoms with Gasteiger partial charge in [-0.25, -0.2) is 18.4 Å². The summed E-state index contributed by atoms with van der Waals surface area (Å²) < 4.78 is 26.2. The Morgan fingerprint density at radius 3 is 2.75 bits per heavy atom. The molecular weight excluding hydrogens is 380 g/mol. The van der Waals surface area contributed by atoms with Crippen LogP contribution >= 0.6 is 0 Å². The zero-order valence-corrected chi connectivity index (χ0v) is 17.2. The van der Waals surface area contributed by atoms with Crippen molar-refractivity contribution in [1.29, 1.82) is 0 Å². The molecule has 1 N–H and O–H groups in total. The van der Waals surface area contributed by atoms with E-state index in [0.29, 0.717) is 24.0 Å². The van der Waals surface area contributed by atoms with E-state index in [4.69, 9.17) is 0 Å². The second-order valence-corrected chi connectivity index (χ2v) is 8.55. The lowest BCUT2D eigenvalue weighted by atomic mass is 9.91. The number of aryl methyl sites for hydroxylation is 1. The van der Waals surface area contributed by atoms with E-state index in [1.807, 2.05) is 18.1 Å². The van der Waals surface area contributed by atoms with Crippen molar-refractivity contribution in [2.75, 3.05) is 17.5 Å². The van der Waals surface area contributed by atoms with E-state index in [2.05, 4.69) is 21.6 Å². The van der Waals surface area contributed by atoms with E-state index >= 15 is 0 Å². The van der Waals surface area contributed by atoms with Gasteiger partial charge in [0.15, 0.2) is 5.78 Å². The zero-order chi connectivity index (χ0) is 20.7. The predicted molar refractivity (Wildman–Crippen MR) is 107 cm³/mol. The Kier molecular flexibility index (Phi) is 7.45. The number of carbonyl (C=O) groups is 2. The fourth-order valence-electron chi connectivity index (χ4n) is 2.94. The molecule has 1 atom stereocenters. The molecule has 0 amide bonds. The van der Waals surface area contributed by atoms with E-state index in [1.54, 1.807) is 18.3 Å². The summed E-state index contributed by atoms with van der Waals surface area (Å²) in [5.74, 6) is -0.410. The number of Topliss-reactive ketones (excluding diaryl/α,β-unsaturated/α-hetero) is 1. The normalized spacial score (nSPS) is 16.6. The van der Waals surface area contributed by atoms with Gasteiger partial charge in [0, 0.05) is 18.8 Å². The number of rotatable bonds is 10. The molecule has 2 rings (SSSR count). The van der Waals surface area contributed by atoms with Gasteiger partial charge in [0.25, 0.3) is 0 Å². The van der Waals surface area contributed by atoms with E-state index in [1.165, 1.54) is 6.92 Å². The molecule has 1 aliphatic rings. The van der Waals surface area contributed by atoms with Crippen molar-refractivity contribution >= 4 is 28.0 Å². The lowest BCUT2D eigenvalue weighted by Gasteiger charge is -2.31. The molecule has 0 saturated heterocycles. The van der Waals surface area contributed by atoms with Crippen molar-refractivity contribution in [3.8, 4) is 0 Å². The molecule has 1 aliphatic heterocycles. The third-order valence-corrected chi connectivity index (χ3v) is 5.73. The summed E-state index contributed by atoms with van der Waals surface area (Å²) >= 11 is 0. The van der Waals surface area contributed by atoms with Crippen molar-refractivity contribution in [3.05, 3.63) is 41.4 Å². The molecule has 0 saturated carbocycles. The number of hydrogen-bond donors (Lipinski definition) is 1. The molecular formula is C19H26N4O4S. The summed E-state index contributed by atoms with van der Waals surface area (Å²) in [5, 5.41) is 0. The molecule has 8 nitrogen and oxygen atoms in total. The highest BCUT2D eigenvalue weighted by molar-refractivity contribution is 7.92.